The number of hydrogen-bond donors (Lipinski definition) is 1. The molecule has 0 aromatic carbocycles. The predicted molar refractivity (Wildman–Crippen MR) is 46.7 cm³/mol. The SMILES string of the molecule is CC(=O)OC(C)(C)/C=C/C(C)O. The molecule has 0 spiro atoms. The molecule has 1 unspecified atom stereocenters. The molecule has 0 radical (unpaired) electrons. The molecule has 12 heavy (non-hydrogen) atoms. The first kappa shape index (κ1) is 11.2. The highest BCUT2D eigenvalue weighted by molar-refractivity contribution is 5.66. The van der Waals surface area contributed by atoms with Crippen molar-refractivity contribution in [2.45, 2.75) is 39.4 Å². The highest BCUT2D eigenvalue weighted by Crippen LogP contribution is 2.11. The van der Waals surface area contributed by atoms with E-state index in [0.717, 1.165) is 0 Å². The highest BCUT2D eigenvalue weighted by atomic mass is 16.6. The Morgan fingerprint density at radius 3 is 2.42 bits per heavy atom. The number of aliphatic hydroxyl groups excluding tert-OH is 1. The van der Waals surface area contributed by atoms with Crippen molar-refractivity contribution in [3.8, 4) is 0 Å². The van der Waals surface area contributed by atoms with E-state index < -0.39 is 11.7 Å². The van der Waals surface area contributed by atoms with Gasteiger partial charge >= 0.3 is 5.97 Å². The number of carbonyl (C=O) groups excluding carboxylic acids is 1. The third-order valence-electron chi connectivity index (χ3n) is 1.18. The van der Waals surface area contributed by atoms with Crippen LogP contribution in [0.15, 0.2) is 12.2 Å². The van der Waals surface area contributed by atoms with Crippen molar-refractivity contribution in [3.63, 3.8) is 0 Å². The maximum Gasteiger partial charge on any atom is 0.303 e. The summed E-state index contributed by atoms with van der Waals surface area (Å²) < 4.78 is 4.95. The second-order valence-electron chi connectivity index (χ2n) is 3.30. The predicted octanol–water partition coefficient (Wildman–Crippen LogP) is 1.27. The number of aliphatic hydroxyl groups is 1. The fourth-order valence-electron chi connectivity index (χ4n) is 0.775. The van der Waals surface area contributed by atoms with Gasteiger partial charge in [-0.25, -0.2) is 0 Å². The van der Waals surface area contributed by atoms with Crippen LogP contribution in [-0.2, 0) is 9.53 Å². The van der Waals surface area contributed by atoms with Gasteiger partial charge in [0.15, 0.2) is 0 Å². The Hall–Kier alpha value is -0.830. The van der Waals surface area contributed by atoms with Gasteiger partial charge in [-0.15, -0.1) is 0 Å². The molecule has 0 rings (SSSR count). The summed E-state index contributed by atoms with van der Waals surface area (Å²) >= 11 is 0. The lowest BCUT2D eigenvalue weighted by atomic mass is 10.1. The molecule has 0 bridgehead atoms. The molecule has 0 saturated heterocycles. The molecule has 0 aliphatic rings. The number of carbonyl (C=O) groups is 1. The lowest BCUT2D eigenvalue weighted by Gasteiger charge is -2.20. The van der Waals surface area contributed by atoms with Crippen molar-refractivity contribution in [2.24, 2.45) is 0 Å². The minimum atomic E-state index is -0.636. The van der Waals surface area contributed by atoms with Crippen LogP contribution in [0.2, 0.25) is 0 Å². The van der Waals surface area contributed by atoms with Gasteiger partial charge in [-0.1, -0.05) is 6.08 Å². The van der Waals surface area contributed by atoms with E-state index in [1.807, 2.05) is 0 Å². The number of hydrogen-bond acceptors (Lipinski definition) is 3. The Morgan fingerprint density at radius 2 is 2.08 bits per heavy atom. The van der Waals surface area contributed by atoms with Gasteiger partial charge in [-0.05, 0) is 26.8 Å². The molecular formula is C9H16O3. The standard InChI is InChI=1S/C9H16O3/c1-7(10)5-6-9(3,4)12-8(2)11/h5-7,10H,1-4H3/b6-5+. The zero-order chi connectivity index (χ0) is 9.78. The molecule has 0 heterocycles. The van der Waals surface area contributed by atoms with E-state index in [1.165, 1.54) is 6.92 Å². The van der Waals surface area contributed by atoms with Crippen LogP contribution < -0.4 is 0 Å². The molecule has 0 aromatic rings. The average molecular weight is 172 g/mol. The van der Waals surface area contributed by atoms with Crippen molar-refractivity contribution in [1.29, 1.82) is 0 Å². The molecule has 0 aliphatic carbocycles. The van der Waals surface area contributed by atoms with E-state index in [9.17, 15) is 4.79 Å². The Labute approximate surface area is 73.0 Å². The van der Waals surface area contributed by atoms with E-state index in [2.05, 4.69) is 0 Å². The van der Waals surface area contributed by atoms with Crippen molar-refractivity contribution < 1.29 is 14.6 Å². The number of ether oxygens (including phenoxy) is 1. The Kier molecular flexibility index (Phi) is 3.96. The van der Waals surface area contributed by atoms with Crippen molar-refractivity contribution in [1.82, 2.24) is 0 Å². The lowest BCUT2D eigenvalue weighted by Crippen LogP contribution is -2.24. The number of rotatable bonds is 3. The van der Waals surface area contributed by atoms with E-state index in [-0.39, 0.29) is 5.97 Å². The van der Waals surface area contributed by atoms with Crippen LogP contribution in [0.5, 0.6) is 0 Å². The summed E-state index contributed by atoms with van der Waals surface area (Å²) in [6, 6.07) is 0. The molecule has 0 aromatic heterocycles. The first-order valence-electron chi connectivity index (χ1n) is 3.90. The molecule has 1 N–H and O–H groups in total. The lowest BCUT2D eigenvalue weighted by molar-refractivity contribution is -0.149. The van der Waals surface area contributed by atoms with Crippen LogP contribution in [0.3, 0.4) is 0 Å². The zero-order valence-corrected chi connectivity index (χ0v) is 8.00. The summed E-state index contributed by atoms with van der Waals surface area (Å²) in [6.07, 6.45) is 2.74. The largest absolute Gasteiger partial charge is 0.456 e. The topological polar surface area (TPSA) is 46.5 Å². The summed E-state index contributed by atoms with van der Waals surface area (Å²) in [6.45, 7) is 6.51. The van der Waals surface area contributed by atoms with Gasteiger partial charge in [-0.2, -0.15) is 0 Å². The molecule has 0 fully saturated rings. The van der Waals surface area contributed by atoms with Gasteiger partial charge in [0.05, 0.1) is 6.10 Å². The van der Waals surface area contributed by atoms with Gasteiger partial charge in [0.1, 0.15) is 5.60 Å². The summed E-state index contributed by atoms with van der Waals surface area (Å²) in [5, 5.41) is 8.92. The van der Waals surface area contributed by atoms with Crippen molar-refractivity contribution in [2.75, 3.05) is 0 Å². The van der Waals surface area contributed by atoms with Crippen LogP contribution in [0.25, 0.3) is 0 Å². The van der Waals surface area contributed by atoms with E-state index in [4.69, 9.17) is 9.84 Å². The maximum atomic E-state index is 10.6. The average Bonchev–Trinajstić information content (AvgIpc) is 1.81. The van der Waals surface area contributed by atoms with E-state index in [0.29, 0.717) is 0 Å². The molecule has 0 amide bonds. The molecule has 3 heteroatoms. The molecule has 0 saturated carbocycles. The third kappa shape index (κ3) is 5.92. The Balaban J connectivity index is 4.12. The fraction of sp³-hybridized carbons (Fsp3) is 0.667. The Morgan fingerprint density at radius 1 is 1.58 bits per heavy atom. The van der Waals surface area contributed by atoms with Crippen LogP contribution in [0.4, 0.5) is 0 Å². The zero-order valence-electron chi connectivity index (χ0n) is 8.00. The molecule has 3 nitrogen and oxygen atoms in total. The summed E-state index contributed by atoms with van der Waals surface area (Å²) in [4.78, 5) is 10.6. The fourth-order valence-corrected chi connectivity index (χ4v) is 0.775. The maximum absolute atomic E-state index is 10.6. The van der Waals surface area contributed by atoms with Crippen LogP contribution in [0.1, 0.15) is 27.7 Å². The van der Waals surface area contributed by atoms with Gasteiger partial charge < -0.3 is 9.84 Å². The third-order valence-corrected chi connectivity index (χ3v) is 1.18. The van der Waals surface area contributed by atoms with Gasteiger partial charge in [0, 0.05) is 6.92 Å². The summed E-state index contributed by atoms with van der Waals surface area (Å²) in [5.74, 6) is -0.324. The first-order chi connectivity index (χ1) is 5.33. The summed E-state index contributed by atoms with van der Waals surface area (Å²) in [7, 11) is 0. The Bertz CT molecular complexity index is 180. The highest BCUT2D eigenvalue weighted by Gasteiger charge is 2.16. The van der Waals surface area contributed by atoms with Gasteiger partial charge in [-0.3, -0.25) is 4.79 Å². The van der Waals surface area contributed by atoms with E-state index in [1.54, 1.807) is 32.9 Å². The molecule has 0 aliphatic heterocycles. The van der Waals surface area contributed by atoms with Crippen LogP contribution in [-0.4, -0.2) is 22.8 Å². The van der Waals surface area contributed by atoms with Crippen LogP contribution >= 0.6 is 0 Å². The first-order valence-corrected chi connectivity index (χ1v) is 3.90. The van der Waals surface area contributed by atoms with Crippen molar-refractivity contribution in [3.05, 3.63) is 12.2 Å². The number of esters is 1. The minimum Gasteiger partial charge on any atom is -0.456 e. The smallest absolute Gasteiger partial charge is 0.303 e. The molecule has 70 valence electrons. The minimum absolute atomic E-state index is 0.324. The molecule has 1 atom stereocenters. The van der Waals surface area contributed by atoms with Crippen LogP contribution in [0, 0.1) is 0 Å². The van der Waals surface area contributed by atoms with E-state index >= 15 is 0 Å². The monoisotopic (exact) mass is 172 g/mol. The quantitative estimate of drug-likeness (QED) is 0.515. The second-order valence-corrected chi connectivity index (χ2v) is 3.30. The summed E-state index contributed by atoms with van der Waals surface area (Å²) in [5.41, 5.74) is -0.636. The van der Waals surface area contributed by atoms with Gasteiger partial charge in [0.2, 0.25) is 0 Å². The van der Waals surface area contributed by atoms with Gasteiger partial charge in [0.25, 0.3) is 0 Å². The normalized spacial score (nSPS) is 14.8. The van der Waals surface area contributed by atoms with Crippen molar-refractivity contribution >= 4 is 5.97 Å². The second kappa shape index (κ2) is 4.26. The molecular weight excluding hydrogens is 156 g/mol.